The van der Waals surface area contributed by atoms with Crippen molar-refractivity contribution >= 4 is 45.5 Å². The van der Waals surface area contributed by atoms with Gasteiger partial charge in [-0.1, -0.05) is 37.3 Å². The number of aromatic nitrogens is 1. The molecule has 10 heteroatoms. The Morgan fingerprint density at radius 2 is 1.86 bits per heavy atom. The lowest BCUT2D eigenvalue weighted by atomic mass is 9.98. The van der Waals surface area contributed by atoms with Crippen molar-refractivity contribution in [2.45, 2.75) is 19.3 Å². The predicted octanol–water partition coefficient (Wildman–Crippen LogP) is 5.20. The van der Waals surface area contributed by atoms with Crippen LogP contribution in [-0.4, -0.2) is 36.5 Å². The Bertz CT molecular complexity index is 1420. The lowest BCUT2D eigenvalue weighted by Gasteiger charge is -2.20. The number of thioether (sulfide) groups is 1. The third-order valence-corrected chi connectivity index (χ3v) is 6.81. The number of nitro groups is 1. The number of hydrogen-bond donors (Lipinski definition) is 1. The van der Waals surface area contributed by atoms with E-state index in [0.717, 1.165) is 17.0 Å². The van der Waals surface area contributed by atoms with E-state index in [1.54, 1.807) is 41.1 Å². The molecule has 3 heterocycles. The molecule has 0 fully saturated rings. The number of nitrogens with one attached hydrogen (secondary N) is 1. The molecule has 3 aromatic rings. The SMILES string of the molecule is CC[C@@H](C1=NN2C(=N)/C(=C\c3cccn3-c3ccc([N+](=O)[O-])cc3)C(=O)N=C2S1)c1ccccc1. The average molecular weight is 485 g/mol. The Labute approximate surface area is 205 Å². The first-order valence-corrected chi connectivity index (χ1v) is 11.7. The number of amides is 1. The molecule has 1 atom stereocenters. The van der Waals surface area contributed by atoms with Gasteiger partial charge in [-0.05, 0) is 54.1 Å². The quantitative estimate of drug-likeness (QED) is 0.293. The average Bonchev–Trinajstić information content (AvgIpc) is 3.50. The number of aliphatic imine (C=N–C) groups is 1. The highest BCUT2D eigenvalue weighted by Gasteiger charge is 2.37. The van der Waals surface area contributed by atoms with Crippen LogP contribution in [-0.2, 0) is 4.79 Å². The number of nitrogens with zero attached hydrogens (tertiary/aromatic N) is 5. The van der Waals surface area contributed by atoms with Gasteiger partial charge in [-0.25, -0.2) is 0 Å². The second kappa shape index (κ2) is 9.15. The lowest BCUT2D eigenvalue weighted by molar-refractivity contribution is -0.384. The molecule has 5 rings (SSSR count). The second-order valence-corrected chi connectivity index (χ2v) is 8.89. The molecule has 0 saturated heterocycles. The van der Waals surface area contributed by atoms with E-state index >= 15 is 0 Å². The van der Waals surface area contributed by atoms with E-state index in [-0.39, 0.29) is 23.0 Å². The topological polar surface area (TPSA) is 117 Å². The summed E-state index contributed by atoms with van der Waals surface area (Å²) in [6.45, 7) is 2.08. The van der Waals surface area contributed by atoms with Crippen molar-refractivity contribution in [3.05, 3.63) is 99.9 Å². The number of nitro benzene ring substituents is 1. The van der Waals surface area contributed by atoms with Gasteiger partial charge in [0.2, 0.25) is 5.17 Å². The van der Waals surface area contributed by atoms with Crippen LogP contribution in [0.1, 0.15) is 30.5 Å². The minimum absolute atomic E-state index is 0.00648. The van der Waals surface area contributed by atoms with Crippen LogP contribution < -0.4 is 0 Å². The Morgan fingerprint density at radius 3 is 2.54 bits per heavy atom. The Kier molecular flexibility index (Phi) is 5.87. The van der Waals surface area contributed by atoms with Gasteiger partial charge >= 0.3 is 0 Å². The molecule has 0 saturated carbocycles. The number of amidine groups is 2. The Morgan fingerprint density at radius 1 is 1.11 bits per heavy atom. The number of carbonyl (C=O) groups is 1. The second-order valence-electron chi connectivity index (χ2n) is 7.91. The molecule has 0 bridgehead atoms. The van der Waals surface area contributed by atoms with Crippen molar-refractivity contribution in [2.24, 2.45) is 10.1 Å². The molecule has 35 heavy (non-hydrogen) atoms. The molecular formula is C25H20N6O3S. The molecule has 174 valence electrons. The number of benzene rings is 2. The van der Waals surface area contributed by atoms with Crippen LogP contribution in [0.3, 0.4) is 0 Å². The number of carbonyl (C=O) groups excluding carboxylic acids is 1. The summed E-state index contributed by atoms with van der Waals surface area (Å²) >= 11 is 1.32. The normalized spacial score (nSPS) is 17.3. The summed E-state index contributed by atoms with van der Waals surface area (Å²) in [6, 6.07) is 19.7. The maximum atomic E-state index is 12.9. The number of rotatable bonds is 6. The predicted molar refractivity (Wildman–Crippen MR) is 137 cm³/mol. The van der Waals surface area contributed by atoms with Crippen LogP contribution >= 0.6 is 11.8 Å². The van der Waals surface area contributed by atoms with Gasteiger partial charge in [0.25, 0.3) is 11.6 Å². The molecule has 0 unspecified atom stereocenters. The van der Waals surface area contributed by atoms with Crippen molar-refractivity contribution in [1.82, 2.24) is 9.58 Å². The highest BCUT2D eigenvalue weighted by Crippen LogP contribution is 2.36. The molecule has 2 aliphatic heterocycles. The van der Waals surface area contributed by atoms with Crippen molar-refractivity contribution in [1.29, 1.82) is 5.41 Å². The number of fused-ring (bicyclic) bond motifs is 1. The van der Waals surface area contributed by atoms with E-state index in [0.29, 0.717) is 16.5 Å². The van der Waals surface area contributed by atoms with Crippen molar-refractivity contribution in [2.75, 3.05) is 0 Å². The van der Waals surface area contributed by atoms with E-state index < -0.39 is 10.8 Å². The molecule has 2 aromatic carbocycles. The molecular weight excluding hydrogens is 464 g/mol. The third-order valence-electron chi connectivity index (χ3n) is 5.79. The molecule has 0 aliphatic carbocycles. The highest BCUT2D eigenvalue weighted by molar-refractivity contribution is 8.27. The summed E-state index contributed by atoms with van der Waals surface area (Å²) in [7, 11) is 0. The zero-order chi connectivity index (χ0) is 24.5. The first kappa shape index (κ1) is 22.5. The van der Waals surface area contributed by atoms with Crippen molar-refractivity contribution in [3.63, 3.8) is 0 Å². The summed E-state index contributed by atoms with van der Waals surface area (Å²) in [4.78, 5) is 27.6. The standard InChI is InChI=1S/C25H20N6O3S/c1-2-20(16-7-4-3-5-8-16)24-28-30-22(26)21(23(32)27-25(30)35-24)15-19-9-6-14-29(19)17-10-12-18(13-11-17)31(33)34/h3-15,20,26H,2H2,1H3/b21-15+,26-22?/t20-/m1/s1. The first-order chi connectivity index (χ1) is 17.0. The van der Waals surface area contributed by atoms with Crippen LogP contribution in [0.5, 0.6) is 0 Å². The zero-order valence-electron chi connectivity index (χ0n) is 18.7. The lowest BCUT2D eigenvalue weighted by Crippen LogP contribution is -2.35. The molecule has 2 aliphatic rings. The van der Waals surface area contributed by atoms with Crippen molar-refractivity contribution < 1.29 is 9.72 Å². The molecule has 0 radical (unpaired) electrons. The Hall–Kier alpha value is -4.31. The van der Waals surface area contributed by atoms with Crippen molar-refractivity contribution in [3.8, 4) is 5.69 Å². The van der Waals surface area contributed by atoms with Crippen LogP contribution in [0.4, 0.5) is 5.69 Å². The molecule has 0 spiro atoms. The summed E-state index contributed by atoms with van der Waals surface area (Å²) < 4.78 is 1.78. The maximum absolute atomic E-state index is 12.9. The van der Waals surface area contributed by atoms with Gasteiger partial charge in [-0.2, -0.15) is 15.1 Å². The van der Waals surface area contributed by atoms with Gasteiger partial charge in [0.1, 0.15) is 5.04 Å². The number of hydrogen-bond acceptors (Lipinski definition) is 6. The number of non-ortho nitro benzene ring substituents is 1. The smallest absolute Gasteiger partial charge is 0.283 e. The maximum Gasteiger partial charge on any atom is 0.283 e. The van der Waals surface area contributed by atoms with E-state index in [1.165, 1.54) is 28.9 Å². The van der Waals surface area contributed by atoms with Gasteiger partial charge in [-0.3, -0.25) is 20.3 Å². The van der Waals surface area contributed by atoms with Gasteiger partial charge in [0.15, 0.2) is 5.84 Å². The molecule has 1 N–H and O–H groups in total. The summed E-state index contributed by atoms with van der Waals surface area (Å²) in [5.41, 5.74) is 2.56. The fourth-order valence-electron chi connectivity index (χ4n) is 4.02. The van der Waals surface area contributed by atoms with Crippen LogP contribution in [0.15, 0.2) is 88.6 Å². The molecule has 1 amide bonds. The van der Waals surface area contributed by atoms with Crippen LogP contribution in [0.25, 0.3) is 11.8 Å². The zero-order valence-corrected chi connectivity index (χ0v) is 19.5. The van der Waals surface area contributed by atoms with E-state index in [9.17, 15) is 14.9 Å². The fourth-order valence-corrected chi connectivity index (χ4v) is 5.12. The first-order valence-electron chi connectivity index (χ1n) is 10.9. The van der Waals surface area contributed by atoms with E-state index in [1.807, 2.05) is 30.3 Å². The minimum atomic E-state index is -0.505. The summed E-state index contributed by atoms with van der Waals surface area (Å²) in [5, 5.41) is 26.9. The summed E-state index contributed by atoms with van der Waals surface area (Å²) in [5.74, 6) is -0.500. The summed E-state index contributed by atoms with van der Waals surface area (Å²) in [6.07, 6.45) is 4.20. The fraction of sp³-hybridized carbons (Fsp3) is 0.120. The third kappa shape index (κ3) is 4.19. The molecule has 9 nitrogen and oxygen atoms in total. The Balaban J connectivity index is 1.46. The largest absolute Gasteiger partial charge is 0.317 e. The number of hydrazone groups is 1. The highest BCUT2D eigenvalue weighted by atomic mass is 32.2. The van der Waals surface area contributed by atoms with Gasteiger partial charge < -0.3 is 4.57 Å². The van der Waals surface area contributed by atoms with Gasteiger partial charge in [-0.15, -0.1) is 0 Å². The molecule has 1 aromatic heterocycles. The monoisotopic (exact) mass is 484 g/mol. The minimum Gasteiger partial charge on any atom is -0.317 e. The van der Waals surface area contributed by atoms with Gasteiger partial charge in [0.05, 0.1) is 10.5 Å². The van der Waals surface area contributed by atoms with Crippen LogP contribution in [0, 0.1) is 15.5 Å². The van der Waals surface area contributed by atoms with Gasteiger partial charge in [0, 0.05) is 35.6 Å². The van der Waals surface area contributed by atoms with E-state index in [2.05, 4.69) is 17.0 Å². The van der Waals surface area contributed by atoms with E-state index in [4.69, 9.17) is 5.41 Å². The van der Waals surface area contributed by atoms with Crippen LogP contribution in [0.2, 0.25) is 0 Å².